The van der Waals surface area contributed by atoms with Crippen molar-refractivity contribution < 1.29 is 68.3 Å². The molecule has 0 saturated carbocycles. The van der Waals surface area contributed by atoms with Crippen molar-refractivity contribution in [3.8, 4) is 5.75 Å². The van der Waals surface area contributed by atoms with Gasteiger partial charge in [-0.15, -0.1) is 0 Å². The maximum atomic E-state index is 13.1. The Balaban J connectivity index is 2.00. The van der Waals surface area contributed by atoms with Crippen molar-refractivity contribution in [2.45, 2.75) is 71.8 Å². The minimum absolute atomic E-state index is 0.0112. The molecule has 0 heterocycles. The number of benzene rings is 2. The zero-order chi connectivity index (χ0) is 44.7. The molecule has 2 aromatic carbocycles. The molecule has 20 heteroatoms. The standard InChI is InChI=1S/C40H58N6O14/c1-5-6-37(55)58-20-19-45(24-34(49)50)16-15-44(17-18-46(25-35(51)52)26-36(53)54)23-33(48)41-22-29-7-9-30(10-8-29)27-59-43-38(56)32(42-39(57)60-40(2,3)4)21-28-11-13-31(47)14-12-28/h7-14,32,47H,5-6,15-27H2,1-4H3,(H,41,48)(H,42,57)(H,43,56)(H,49,50)(H,51,52)(H,53,54)/t32-/m1/s1. The molecular formula is C40H58N6O14. The highest BCUT2D eigenvalue weighted by Gasteiger charge is 2.25. The number of nitrogens with one attached hydrogen (secondary N) is 3. The number of carboxylic acids is 3. The molecule has 3 amide bonds. The summed E-state index contributed by atoms with van der Waals surface area (Å²) in [5.41, 5.74) is 3.61. The predicted molar refractivity (Wildman–Crippen MR) is 214 cm³/mol. The van der Waals surface area contributed by atoms with Crippen LogP contribution in [0.2, 0.25) is 0 Å². The number of phenols is 1. The molecule has 332 valence electrons. The largest absolute Gasteiger partial charge is 0.508 e. The summed E-state index contributed by atoms with van der Waals surface area (Å²) in [7, 11) is 0. The molecule has 7 N–H and O–H groups in total. The van der Waals surface area contributed by atoms with E-state index in [2.05, 4.69) is 16.1 Å². The molecular weight excluding hydrogens is 788 g/mol. The first-order valence-electron chi connectivity index (χ1n) is 19.3. The van der Waals surface area contributed by atoms with Gasteiger partial charge in [-0.3, -0.25) is 48.3 Å². The van der Waals surface area contributed by atoms with Gasteiger partial charge in [-0.2, -0.15) is 0 Å². The van der Waals surface area contributed by atoms with Crippen molar-refractivity contribution in [3.63, 3.8) is 0 Å². The second-order valence-corrected chi connectivity index (χ2v) is 14.8. The summed E-state index contributed by atoms with van der Waals surface area (Å²) in [5.74, 6) is -4.97. The Morgan fingerprint density at radius 1 is 0.700 bits per heavy atom. The van der Waals surface area contributed by atoms with Gasteiger partial charge in [0.25, 0.3) is 5.91 Å². The second kappa shape index (κ2) is 26.3. The highest BCUT2D eigenvalue weighted by atomic mass is 16.7. The molecule has 0 aliphatic carbocycles. The van der Waals surface area contributed by atoms with Gasteiger partial charge >= 0.3 is 30.0 Å². The van der Waals surface area contributed by atoms with Crippen LogP contribution in [-0.4, -0.2) is 154 Å². The first-order valence-corrected chi connectivity index (χ1v) is 19.3. The van der Waals surface area contributed by atoms with Crippen LogP contribution in [0.3, 0.4) is 0 Å². The zero-order valence-corrected chi connectivity index (χ0v) is 34.5. The van der Waals surface area contributed by atoms with E-state index in [0.29, 0.717) is 17.5 Å². The molecule has 60 heavy (non-hydrogen) atoms. The maximum Gasteiger partial charge on any atom is 0.408 e. The van der Waals surface area contributed by atoms with Crippen molar-refractivity contribution in [1.82, 2.24) is 30.8 Å². The summed E-state index contributed by atoms with van der Waals surface area (Å²) >= 11 is 0. The summed E-state index contributed by atoms with van der Waals surface area (Å²) in [6.07, 6.45) is 0.117. The molecule has 0 aliphatic rings. The molecule has 0 aromatic heterocycles. The van der Waals surface area contributed by atoms with E-state index in [1.54, 1.807) is 62.1 Å². The molecule has 0 saturated heterocycles. The van der Waals surface area contributed by atoms with Gasteiger partial charge in [-0.1, -0.05) is 43.3 Å². The average Bonchev–Trinajstić information content (AvgIpc) is 3.14. The third-order valence-corrected chi connectivity index (χ3v) is 8.34. The van der Waals surface area contributed by atoms with Gasteiger partial charge in [0.15, 0.2) is 0 Å². The smallest absolute Gasteiger partial charge is 0.408 e. The Kier molecular flexibility index (Phi) is 22.1. The number of aliphatic carboxylic acids is 3. The molecule has 2 rings (SSSR count). The van der Waals surface area contributed by atoms with E-state index in [1.807, 2.05) is 6.92 Å². The second-order valence-electron chi connectivity index (χ2n) is 14.8. The third-order valence-electron chi connectivity index (χ3n) is 8.34. The van der Waals surface area contributed by atoms with Crippen LogP contribution < -0.4 is 16.1 Å². The van der Waals surface area contributed by atoms with Crippen LogP contribution in [0, 0.1) is 0 Å². The maximum absolute atomic E-state index is 13.1. The molecule has 0 fully saturated rings. The first kappa shape index (κ1) is 50.3. The lowest BCUT2D eigenvalue weighted by Crippen LogP contribution is -2.49. The van der Waals surface area contributed by atoms with Crippen molar-refractivity contribution in [2.75, 3.05) is 65.5 Å². The summed E-state index contributed by atoms with van der Waals surface area (Å²) < 4.78 is 10.5. The zero-order valence-electron chi connectivity index (χ0n) is 34.5. The molecule has 1 atom stereocenters. The van der Waals surface area contributed by atoms with E-state index in [9.17, 15) is 54.0 Å². The third kappa shape index (κ3) is 22.9. The summed E-state index contributed by atoms with van der Waals surface area (Å²) in [4.78, 5) is 94.5. The van der Waals surface area contributed by atoms with Crippen molar-refractivity contribution in [2.24, 2.45) is 0 Å². The van der Waals surface area contributed by atoms with E-state index in [4.69, 9.17) is 14.3 Å². The average molecular weight is 847 g/mol. The fourth-order valence-corrected chi connectivity index (χ4v) is 5.46. The Bertz CT molecular complexity index is 1690. The quantitative estimate of drug-likeness (QED) is 0.0468. The van der Waals surface area contributed by atoms with Crippen LogP contribution in [0.15, 0.2) is 48.5 Å². The highest BCUT2D eigenvalue weighted by molar-refractivity contribution is 5.85. The fraction of sp³-hybridized carbons (Fsp3) is 0.525. The lowest BCUT2D eigenvalue weighted by atomic mass is 10.1. The number of esters is 1. The SMILES string of the molecule is CCCC(=O)OCCN(CCN(CCN(CC(=O)O)CC(=O)O)CC(=O)NCc1ccc(CONC(=O)[C@@H](Cc2ccc(O)cc2)NC(=O)OC(C)(C)C)cc1)CC(=O)O. The van der Waals surface area contributed by atoms with Crippen LogP contribution in [0.25, 0.3) is 0 Å². The number of hydrogen-bond donors (Lipinski definition) is 7. The molecule has 0 radical (unpaired) electrons. The number of alkyl carbamates (subject to hydrolysis) is 1. The van der Waals surface area contributed by atoms with Crippen LogP contribution >= 0.6 is 0 Å². The van der Waals surface area contributed by atoms with Crippen molar-refractivity contribution >= 4 is 41.8 Å². The minimum atomic E-state index is -1.23. The van der Waals surface area contributed by atoms with Crippen molar-refractivity contribution in [1.29, 1.82) is 0 Å². The summed E-state index contributed by atoms with van der Waals surface area (Å²) in [6.45, 7) is 5.81. The minimum Gasteiger partial charge on any atom is -0.508 e. The molecule has 0 unspecified atom stereocenters. The van der Waals surface area contributed by atoms with Crippen LogP contribution in [-0.2, 0) is 62.7 Å². The van der Waals surface area contributed by atoms with E-state index >= 15 is 0 Å². The number of aromatic hydroxyl groups is 1. The topological polar surface area (TPSA) is 274 Å². The molecule has 0 bridgehead atoms. The van der Waals surface area contributed by atoms with Gasteiger partial charge in [-0.05, 0) is 56.0 Å². The van der Waals surface area contributed by atoms with Gasteiger partial charge in [-0.25, -0.2) is 10.3 Å². The van der Waals surface area contributed by atoms with Crippen LogP contribution in [0.4, 0.5) is 4.79 Å². The highest BCUT2D eigenvalue weighted by Crippen LogP contribution is 2.13. The Morgan fingerprint density at radius 3 is 1.77 bits per heavy atom. The van der Waals surface area contributed by atoms with E-state index in [1.165, 1.54) is 21.9 Å². The monoisotopic (exact) mass is 846 g/mol. The number of hydrogen-bond acceptors (Lipinski definition) is 14. The van der Waals surface area contributed by atoms with E-state index in [0.717, 1.165) is 5.56 Å². The molecule has 2 aromatic rings. The number of ether oxygens (including phenoxy) is 2. The lowest BCUT2D eigenvalue weighted by Gasteiger charge is -2.28. The molecule has 20 nitrogen and oxygen atoms in total. The molecule has 0 aliphatic heterocycles. The Labute approximate surface area is 348 Å². The number of phenolic OH excluding ortho intramolecular Hbond substituents is 1. The van der Waals surface area contributed by atoms with Crippen LogP contribution in [0.5, 0.6) is 5.75 Å². The number of carbonyl (C=O) groups is 7. The Morgan fingerprint density at radius 2 is 1.22 bits per heavy atom. The van der Waals surface area contributed by atoms with Gasteiger partial charge < -0.3 is 40.5 Å². The molecule has 0 spiro atoms. The number of carbonyl (C=O) groups excluding carboxylic acids is 4. The van der Waals surface area contributed by atoms with E-state index in [-0.39, 0.29) is 84.2 Å². The summed E-state index contributed by atoms with van der Waals surface area (Å²) in [5, 5.41) is 42.9. The normalized spacial score (nSPS) is 11.8. The van der Waals surface area contributed by atoms with E-state index < -0.39 is 66.5 Å². The fourth-order valence-electron chi connectivity index (χ4n) is 5.46. The summed E-state index contributed by atoms with van der Waals surface area (Å²) in [6, 6.07) is 12.0. The number of carboxylic acid groups (broad SMARTS) is 3. The lowest BCUT2D eigenvalue weighted by molar-refractivity contribution is -0.145. The Hall–Kier alpha value is -5.83. The van der Waals surface area contributed by atoms with Crippen molar-refractivity contribution in [3.05, 3.63) is 65.2 Å². The number of amides is 3. The van der Waals surface area contributed by atoms with Crippen LogP contribution in [0.1, 0.15) is 57.2 Å². The van der Waals surface area contributed by atoms with Gasteiger partial charge in [0.1, 0.15) is 24.0 Å². The predicted octanol–water partition coefficient (Wildman–Crippen LogP) is 1.20. The number of nitrogens with zero attached hydrogens (tertiary/aromatic N) is 3. The van der Waals surface area contributed by atoms with Gasteiger partial charge in [0, 0.05) is 52.1 Å². The number of rotatable bonds is 28. The van der Waals surface area contributed by atoms with Gasteiger partial charge in [0.2, 0.25) is 5.91 Å². The van der Waals surface area contributed by atoms with Gasteiger partial charge in [0.05, 0.1) is 32.8 Å². The first-order chi connectivity index (χ1) is 28.3. The number of hydroxylamine groups is 1.